The molecule has 0 radical (unpaired) electrons. The van der Waals surface area contributed by atoms with E-state index in [-0.39, 0.29) is 4.90 Å². The molecule has 3 aromatic rings. The molecule has 0 atom stereocenters. The molecule has 0 aliphatic carbocycles. The number of sulfonamides is 1. The molecule has 0 aromatic heterocycles. The smallest absolute Gasteiger partial charge is 0.286 e. The first-order valence-corrected chi connectivity index (χ1v) is 11.5. The minimum atomic E-state index is -3.72. The predicted octanol–water partition coefficient (Wildman–Crippen LogP) is 5.34. The van der Waals surface area contributed by atoms with Crippen molar-refractivity contribution in [2.45, 2.75) is 17.2 Å². The zero-order chi connectivity index (χ0) is 19.6. The first-order valence-electron chi connectivity index (χ1n) is 8.66. The van der Waals surface area contributed by atoms with Gasteiger partial charge in [-0.3, -0.25) is 0 Å². The highest BCUT2D eigenvalue weighted by atomic mass is 35.5. The van der Waals surface area contributed by atoms with Gasteiger partial charge in [-0.2, -0.15) is 8.42 Å². The number of benzene rings is 3. The van der Waals surface area contributed by atoms with Crippen LogP contribution >= 0.6 is 23.4 Å². The van der Waals surface area contributed by atoms with Gasteiger partial charge >= 0.3 is 0 Å². The largest absolute Gasteiger partial charge is 0.315 e. The number of hydrogen-bond acceptors (Lipinski definition) is 4. The van der Waals surface area contributed by atoms with Crippen molar-refractivity contribution in [2.75, 3.05) is 4.90 Å². The van der Waals surface area contributed by atoms with Gasteiger partial charge in [0, 0.05) is 10.8 Å². The molecule has 0 saturated heterocycles. The third kappa shape index (κ3) is 4.09. The number of fused-ring (bicyclic) bond motifs is 1. The fraction of sp³-hybridized carbons (Fsp3) is 0.0952. The molecule has 3 aromatic carbocycles. The van der Waals surface area contributed by atoms with Crippen LogP contribution in [0.1, 0.15) is 11.1 Å². The Morgan fingerprint density at radius 1 is 0.857 bits per heavy atom. The molecule has 142 valence electrons. The molecule has 0 fully saturated rings. The van der Waals surface area contributed by atoms with E-state index in [2.05, 4.69) is 4.40 Å². The van der Waals surface area contributed by atoms with Gasteiger partial charge in [0.25, 0.3) is 10.0 Å². The van der Waals surface area contributed by atoms with Crippen LogP contribution in [0.4, 0.5) is 5.69 Å². The van der Waals surface area contributed by atoms with Gasteiger partial charge in [-0.15, -0.1) is 4.40 Å². The van der Waals surface area contributed by atoms with Crippen molar-refractivity contribution in [1.82, 2.24) is 0 Å². The highest BCUT2D eigenvalue weighted by Crippen LogP contribution is 2.35. The molecular formula is C21H17ClN2O2S2. The average molecular weight is 429 g/mol. The second kappa shape index (κ2) is 7.99. The van der Waals surface area contributed by atoms with E-state index >= 15 is 0 Å². The summed E-state index contributed by atoms with van der Waals surface area (Å²) in [5.74, 6) is 0.596. The van der Waals surface area contributed by atoms with Crippen LogP contribution in [0.2, 0.25) is 5.02 Å². The van der Waals surface area contributed by atoms with Crippen LogP contribution in [0.5, 0.6) is 0 Å². The van der Waals surface area contributed by atoms with E-state index in [1.807, 2.05) is 71.6 Å². The van der Waals surface area contributed by atoms with E-state index in [1.165, 1.54) is 11.8 Å². The van der Waals surface area contributed by atoms with Crippen LogP contribution in [0.3, 0.4) is 0 Å². The first-order chi connectivity index (χ1) is 13.5. The number of hydrogen-bond donors (Lipinski definition) is 0. The lowest BCUT2D eigenvalue weighted by atomic mass is 10.2. The van der Waals surface area contributed by atoms with Crippen molar-refractivity contribution in [3.05, 3.63) is 95.0 Å². The monoisotopic (exact) mass is 428 g/mol. The number of nitrogens with zero attached hydrogens (tertiary/aromatic N) is 2. The molecule has 1 aliphatic rings. The fourth-order valence-corrected chi connectivity index (χ4v) is 5.49. The summed E-state index contributed by atoms with van der Waals surface area (Å²) >= 11 is 7.35. The second-order valence-corrected chi connectivity index (χ2v) is 9.26. The molecule has 0 amide bonds. The van der Waals surface area contributed by atoms with Crippen molar-refractivity contribution in [3.63, 3.8) is 0 Å². The minimum absolute atomic E-state index is 0.238. The first kappa shape index (κ1) is 19.1. The number of thioether (sulfide) groups is 1. The van der Waals surface area contributed by atoms with Gasteiger partial charge in [0.15, 0.2) is 5.17 Å². The molecule has 0 unspecified atom stereocenters. The zero-order valence-corrected chi connectivity index (χ0v) is 17.2. The van der Waals surface area contributed by atoms with Crippen LogP contribution < -0.4 is 4.90 Å². The van der Waals surface area contributed by atoms with Crippen LogP contribution in [0, 0.1) is 0 Å². The van der Waals surface area contributed by atoms with E-state index in [1.54, 1.807) is 12.1 Å². The molecule has 0 bridgehead atoms. The summed E-state index contributed by atoms with van der Waals surface area (Å²) < 4.78 is 29.5. The molecule has 4 rings (SSSR count). The summed E-state index contributed by atoms with van der Waals surface area (Å²) in [6, 6.07) is 24.5. The van der Waals surface area contributed by atoms with Gasteiger partial charge in [0.05, 0.1) is 12.2 Å². The highest BCUT2D eigenvalue weighted by molar-refractivity contribution is 8.14. The lowest BCUT2D eigenvalue weighted by molar-refractivity contribution is 0.597. The molecule has 28 heavy (non-hydrogen) atoms. The van der Waals surface area contributed by atoms with Crippen LogP contribution in [0.25, 0.3) is 0 Å². The number of anilines is 1. The maximum Gasteiger partial charge on any atom is 0.286 e. The molecule has 0 saturated carbocycles. The fourth-order valence-electron chi connectivity index (χ4n) is 2.95. The highest BCUT2D eigenvalue weighted by Gasteiger charge is 2.30. The quantitative estimate of drug-likeness (QED) is 0.562. The minimum Gasteiger partial charge on any atom is -0.315 e. The zero-order valence-electron chi connectivity index (χ0n) is 14.8. The Morgan fingerprint density at radius 3 is 2.29 bits per heavy atom. The summed E-state index contributed by atoms with van der Waals surface area (Å²) in [6.45, 7) is 0.541. The molecule has 0 N–H and O–H groups in total. The topological polar surface area (TPSA) is 49.7 Å². The third-order valence-electron chi connectivity index (χ3n) is 4.33. The van der Waals surface area contributed by atoms with Crippen LogP contribution in [-0.4, -0.2) is 13.6 Å². The Balaban J connectivity index is 1.68. The lowest BCUT2D eigenvalue weighted by Crippen LogP contribution is -2.33. The van der Waals surface area contributed by atoms with E-state index in [9.17, 15) is 8.42 Å². The van der Waals surface area contributed by atoms with E-state index < -0.39 is 10.0 Å². The predicted molar refractivity (Wildman–Crippen MR) is 116 cm³/mol. The Bertz CT molecular complexity index is 1110. The lowest BCUT2D eigenvalue weighted by Gasteiger charge is -2.30. The average Bonchev–Trinajstić information content (AvgIpc) is 2.71. The van der Waals surface area contributed by atoms with Crippen molar-refractivity contribution in [2.24, 2.45) is 4.40 Å². The van der Waals surface area contributed by atoms with Gasteiger partial charge < -0.3 is 4.90 Å². The number of amidine groups is 1. The second-order valence-electron chi connectivity index (χ2n) is 6.30. The Kier molecular flexibility index (Phi) is 5.44. The van der Waals surface area contributed by atoms with E-state index in [4.69, 9.17) is 11.6 Å². The van der Waals surface area contributed by atoms with Gasteiger partial charge in [-0.05, 0) is 35.4 Å². The van der Waals surface area contributed by atoms with Crippen molar-refractivity contribution in [3.8, 4) is 0 Å². The van der Waals surface area contributed by atoms with E-state index in [0.29, 0.717) is 28.2 Å². The van der Waals surface area contributed by atoms with Crippen molar-refractivity contribution >= 4 is 44.2 Å². The van der Waals surface area contributed by atoms with Crippen LogP contribution in [0.15, 0.2) is 88.2 Å². The van der Waals surface area contributed by atoms with E-state index in [0.717, 1.165) is 11.1 Å². The third-order valence-corrected chi connectivity index (χ3v) is 7.06. The maximum absolute atomic E-state index is 12.7. The summed E-state index contributed by atoms with van der Waals surface area (Å²) in [6.07, 6.45) is 0. The van der Waals surface area contributed by atoms with Gasteiger partial charge in [-0.1, -0.05) is 78.0 Å². The molecular weight excluding hydrogens is 412 g/mol. The van der Waals surface area contributed by atoms with Gasteiger partial charge in [-0.25, -0.2) is 0 Å². The summed E-state index contributed by atoms with van der Waals surface area (Å²) in [5, 5.41) is 1.14. The molecule has 1 aliphatic heterocycles. The molecule has 0 spiro atoms. The van der Waals surface area contributed by atoms with Crippen molar-refractivity contribution < 1.29 is 8.42 Å². The van der Waals surface area contributed by atoms with Crippen molar-refractivity contribution in [1.29, 1.82) is 0 Å². The molecule has 1 heterocycles. The van der Waals surface area contributed by atoms with Gasteiger partial charge in [0.2, 0.25) is 0 Å². The number of para-hydroxylation sites is 1. The normalized spacial score (nSPS) is 15.0. The summed E-state index contributed by atoms with van der Waals surface area (Å²) in [7, 11) is -3.72. The summed E-state index contributed by atoms with van der Waals surface area (Å²) in [4.78, 5) is 2.20. The Hall–Kier alpha value is -2.28. The number of halogens is 1. The standard InChI is InChI=1S/C21H17ClN2O2S2/c22-18-12-10-17(11-13-18)15-27-21-23-28(25,26)20-9-5-4-8-19(20)24(21)14-16-6-2-1-3-7-16/h1-13H,14-15H2. The molecule has 7 heteroatoms. The maximum atomic E-state index is 12.7. The Labute approximate surface area is 173 Å². The Morgan fingerprint density at radius 2 is 1.54 bits per heavy atom. The summed E-state index contributed by atoms with van der Waals surface area (Å²) in [5.41, 5.74) is 2.78. The number of rotatable bonds is 4. The van der Waals surface area contributed by atoms with Crippen LogP contribution in [-0.2, 0) is 22.3 Å². The molecule has 4 nitrogen and oxygen atoms in total. The van der Waals surface area contributed by atoms with Gasteiger partial charge in [0.1, 0.15) is 4.90 Å². The SMILES string of the molecule is O=S1(=O)N=C(SCc2ccc(Cl)cc2)N(Cc2ccccc2)c2ccccc21.